The summed E-state index contributed by atoms with van der Waals surface area (Å²) >= 11 is 1.64. The van der Waals surface area contributed by atoms with Gasteiger partial charge in [-0.25, -0.2) is 4.98 Å². The van der Waals surface area contributed by atoms with Crippen molar-refractivity contribution in [3.63, 3.8) is 0 Å². The minimum atomic E-state index is 0.183. The van der Waals surface area contributed by atoms with E-state index in [9.17, 15) is 4.79 Å². The predicted molar refractivity (Wildman–Crippen MR) is 122 cm³/mol. The van der Waals surface area contributed by atoms with Crippen LogP contribution < -0.4 is 4.74 Å². The first-order chi connectivity index (χ1) is 14.6. The Balaban J connectivity index is 1.44. The first kappa shape index (κ1) is 20.8. The zero-order valence-electron chi connectivity index (χ0n) is 17.7. The van der Waals surface area contributed by atoms with E-state index in [1.54, 1.807) is 11.8 Å². The van der Waals surface area contributed by atoms with Crippen LogP contribution in [0, 0.1) is 6.92 Å². The van der Waals surface area contributed by atoms with Crippen molar-refractivity contribution < 1.29 is 9.53 Å². The maximum Gasteiger partial charge on any atom is 0.242 e. The third-order valence-corrected chi connectivity index (χ3v) is 6.58. The highest BCUT2D eigenvalue weighted by Gasteiger charge is 2.24. The summed E-state index contributed by atoms with van der Waals surface area (Å²) in [6, 6.07) is 16.5. The molecule has 1 aliphatic rings. The van der Waals surface area contributed by atoms with E-state index in [2.05, 4.69) is 30.5 Å². The van der Waals surface area contributed by atoms with Crippen LogP contribution in [0.1, 0.15) is 31.7 Å². The van der Waals surface area contributed by atoms with Crippen LogP contribution in [0.4, 0.5) is 0 Å². The number of fused-ring (bicyclic) bond motifs is 1. The van der Waals surface area contributed by atoms with Crippen LogP contribution >= 0.6 is 11.8 Å². The van der Waals surface area contributed by atoms with E-state index in [0.29, 0.717) is 19.2 Å². The number of rotatable bonds is 7. The van der Waals surface area contributed by atoms with Gasteiger partial charge in [0, 0.05) is 18.3 Å². The van der Waals surface area contributed by atoms with Crippen LogP contribution in [-0.4, -0.2) is 45.3 Å². The van der Waals surface area contributed by atoms with E-state index < -0.39 is 0 Å². The van der Waals surface area contributed by atoms with E-state index in [1.165, 1.54) is 12.0 Å². The van der Waals surface area contributed by atoms with Gasteiger partial charge in [0.2, 0.25) is 5.91 Å². The zero-order valence-corrected chi connectivity index (χ0v) is 18.5. The van der Waals surface area contributed by atoms with Crippen LogP contribution in [0.25, 0.3) is 11.0 Å². The Labute approximate surface area is 182 Å². The Morgan fingerprint density at radius 2 is 1.97 bits per heavy atom. The number of benzene rings is 2. The van der Waals surface area contributed by atoms with E-state index in [1.807, 2.05) is 41.3 Å². The van der Waals surface area contributed by atoms with Crippen molar-refractivity contribution in [1.29, 1.82) is 0 Å². The molecule has 1 saturated heterocycles. The maximum absolute atomic E-state index is 13.1. The van der Waals surface area contributed by atoms with Gasteiger partial charge in [0.05, 0.1) is 17.6 Å². The first-order valence-corrected chi connectivity index (χ1v) is 11.7. The smallest absolute Gasteiger partial charge is 0.242 e. The summed E-state index contributed by atoms with van der Waals surface area (Å²) in [6.07, 6.45) is 3.40. The number of likely N-dealkylation sites (tertiary alicyclic amines) is 1. The molecule has 0 aliphatic carbocycles. The predicted octanol–water partition coefficient (Wildman–Crippen LogP) is 4.92. The van der Waals surface area contributed by atoms with Gasteiger partial charge in [0.15, 0.2) is 5.16 Å². The second kappa shape index (κ2) is 9.56. The number of carbonyl (C=O) groups excluding carboxylic acids is 1. The summed E-state index contributed by atoms with van der Waals surface area (Å²) in [6.45, 7) is 6.01. The minimum absolute atomic E-state index is 0.183. The number of para-hydroxylation sites is 2. The van der Waals surface area contributed by atoms with Crippen LogP contribution in [0.3, 0.4) is 0 Å². The fourth-order valence-electron chi connectivity index (χ4n) is 3.94. The fourth-order valence-corrected chi connectivity index (χ4v) is 4.77. The molecule has 30 heavy (non-hydrogen) atoms. The number of piperidine rings is 1. The third-order valence-electron chi connectivity index (χ3n) is 5.64. The molecule has 2 aromatic carbocycles. The zero-order chi connectivity index (χ0) is 20.9. The van der Waals surface area contributed by atoms with Gasteiger partial charge in [0.1, 0.15) is 12.3 Å². The number of imidazole rings is 1. The Bertz CT molecular complexity index is 999. The molecule has 0 unspecified atom stereocenters. The molecular formula is C24H29N3O2S. The molecule has 1 amide bonds. The number of aromatic nitrogens is 2. The van der Waals surface area contributed by atoms with Gasteiger partial charge in [0.25, 0.3) is 0 Å². The summed E-state index contributed by atoms with van der Waals surface area (Å²) in [5.41, 5.74) is 3.16. The van der Waals surface area contributed by atoms with Gasteiger partial charge in [-0.3, -0.25) is 4.79 Å². The fraction of sp³-hybridized carbons (Fsp3) is 0.417. The molecule has 2 heterocycles. The van der Waals surface area contributed by atoms with Crippen molar-refractivity contribution in [3.8, 4) is 5.75 Å². The summed E-state index contributed by atoms with van der Waals surface area (Å²) < 4.78 is 7.92. The molecule has 0 saturated carbocycles. The quantitative estimate of drug-likeness (QED) is 0.400. The number of hydrogen-bond acceptors (Lipinski definition) is 4. The first-order valence-electron chi connectivity index (χ1n) is 10.7. The molecular weight excluding hydrogens is 394 g/mol. The molecule has 1 fully saturated rings. The highest BCUT2D eigenvalue weighted by Crippen LogP contribution is 2.25. The lowest BCUT2D eigenvalue weighted by molar-refractivity contribution is -0.135. The summed E-state index contributed by atoms with van der Waals surface area (Å²) in [5, 5.41) is 0.877. The van der Waals surface area contributed by atoms with Crippen molar-refractivity contribution in [3.05, 3.63) is 54.1 Å². The molecule has 1 aromatic heterocycles. The minimum Gasteiger partial charge on any atom is -0.493 e. The van der Waals surface area contributed by atoms with E-state index in [0.717, 1.165) is 47.1 Å². The molecule has 5 nitrogen and oxygen atoms in total. The molecule has 1 aliphatic heterocycles. The Hall–Kier alpha value is -2.47. The number of carbonyl (C=O) groups is 1. The molecule has 158 valence electrons. The largest absolute Gasteiger partial charge is 0.493 e. The lowest BCUT2D eigenvalue weighted by Gasteiger charge is -2.33. The molecule has 0 N–H and O–H groups in total. The van der Waals surface area contributed by atoms with Crippen molar-refractivity contribution in [2.24, 2.45) is 0 Å². The molecule has 4 rings (SSSR count). The third kappa shape index (κ3) is 4.81. The number of nitrogens with zero attached hydrogens (tertiary/aromatic N) is 3. The number of hydrogen-bond donors (Lipinski definition) is 0. The normalized spacial score (nSPS) is 16.7. The van der Waals surface area contributed by atoms with Crippen LogP contribution in [-0.2, 0) is 11.3 Å². The highest BCUT2D eigenvalue weighted by atomic mass is 32.2. The van der Waals surface area contributed by atoms with Crippen molar-refractivity contribution in [2.75, 3.05) is 18.9 Å². The molecule has 0 spiro atoms. The second-order valence-corrected chi connectivity index (χ2v) is 8.97. The number of amides is 1. The summed E-state index contributed by atoms with van der Waals surface area (Å²) in [5.74, 6) is 1.83. The molecule has 6 heteroatoms. The maximum atomic E-state index is 13.1. The van der Waals surface area contributed by atoms with Crippen LogP contribution in [0.2, 0.25) is 0 Å². The van der Waals surface area contributed by atoms with Gasteiger partial charge in [-0.15, -0.1) is 0 Å². The number of thioether (sulfide) groups is 1. The number of ether oxygens (including phenoxy) is 1. The summed E-state index contributed by atoms with van der Waals surface area (Å²) in [7, 11) is 0. The monoisotopic (exact) mass is 423 g/mol. The van der Waals surface area contributed by atoms with Crippen LogP contribution in [0.5, 0.6) is 5.75 Å². The topological polar surface area (TPSA) is 47.4 Å². The van der Waals surface area contributed by atoms with Crippen molar-refractivity contribution >= 4 is 28.7 Å². The Morgan fingerprint density at radius 3 is 2.77 bits per heavy atom. The molecule has 3 aromatic rings. The van der Waals surface area contributed by atoms with E-state index in [4.69, 9.17) is 9.72 Å². The van der Waals surface area contributed by atoms with E-state index in [-0.39, 0.29) is 5.91 Å². The van der Waals surface area contributed by atoms with Gasteiger partial charge in [-0.2, -0.15) is 0 Å². The SMILES string of the molecule is Cc1ccc(OCCSc2nc3ccccc3n2CC(=O)N2CCCC[C@@H]2C)cc1. The average Bonchev–Trinajstić information content (AvgIpc) is 3.10. The molecule has 0 bridgehead atoms. The average molecular weight is 424 g/mol. The lowest BCUT2D eigenvalue weighted by Crippen LogP contribution is -2.43. The standard InChI is InChI=1S/C24H29N3O2S/c1-18-10-12-20(13-11-18)29-15-16-30-24-25-21-8-3-4-9-22(21)27(24)17-23(28)26-14-6-5-7-19(26)2/h3-4,8-13,19H,5-7,14-17H2,1-2H3/t19-/m0/s1. The second-order valence-electron chi connectivity index (χ2n) is 7.91. The van der Waals surface area contributed by atoms with Gasteiger partial charge >= 0.3 is 0 Å². The van der Waals surface area contributed by atoms with Gasteiger partial charge < -0.3 is 14.2 Å². The van der Waals surface area contributed by atoms with Crippen LogP contribution in [0.15, 0.2) is 53.7 Å². The Kier molecular flexibility index (Phi) is 6.62. The molecule has 1 atom stereocenters. The highest BCUT2D eigenvalue weighted by molar-refractivity contribution is 7.99. The number of aryl methyl sites for hydroxylation is 1. The Morgan fingerprint density at radius 1 is 1.17 bits per heavy atom. The van der Waals surface area contributed by atoms with Gasteiger partial charge in [-0.1, -0.05) is 41.6 Å². The van der Waals surface area contributed by atoms with Crippen molar-refractivity contribution in [2.45, 2.75) is 50.9 Å². The summed E-state index contributed by atoms with van der Waals surface area (Å²) in [4.78, 5) is 19.9. The van der Waals surface area contributed by atoms with E-state index >= 15 is 0 Å². The molecule has 0 radical (unpaired) electrons. The van der Waals surface area contributed by atoms with Crippen molar-refractivity contribution in [1.82, 2.24) is 14.5 Å². The lowest BCUT2D eigenvalue weighted by atomic mass is 10.0. The van der Waals surface area contributed by atoms with Gasteiger partial charge in [-0.05, 0) is 57.4 Å².